The fourth-order valence-corrected chi connectivity index (χ4v) is 2.98. The molecule has 3 N–H and O–H groups in total. The number of hydrazine groups is 1. The van der Waals surface area contributed by atoms with Gasteiger partial charge in [0.05, 0.1) is 11.1 Å². The molecule has 0 aromatic carbocycles. The van der Waals surface area contributed by atoms with E-state index in [-0.39, 0.29) is 6.04 Å². The van der Waals surface area contributed by atoms with E-state index in [0.29, 0.717) is 5.92 Å². The van der Waals surface area contributed by atoms with Crippen LogP contribution in [0.5, 0.6) is 0 Å². The summed E-state index contributed by atoms with van der Waals surface area (Å²) in [5.41, 5.74) is 4.02. The van der Waals surface area contributed by atoms with Crippen LogP contribution in [-0.4, -0.2) is 0 Å². The van der Waals surface area contributed by atoms with Crippen LogP contribution >= 0.6 is 22.9 Å². The summed E-state index contributed by atoms with van der Waals surface area (Å²) in [5.74, 6) is 6.22. The van der Waals surface area contributed by atoms with Crippen LogP contribution in [0, 0.1) is 12.8 Å². The van der Waals surface area contributed by atoms with Crippen molar-refractivity contribution < 1.29 is 0 Å². The highest BCUT2D eigenvalue weighted by molar-refractivity contribution is 7.10. The van der Waals surface area contributed by atoms with Gasteiger partial charge in [0.2, 0.25) is 0 Å². The minimum atomic E-state index is 0.270. The van der Waals surface area contributed by atoms with Crippen LogP contribution in [0.2, 0.25) is 5.02 Å². The predicted octanol–water partition coefficient (Wildman–Crippen LogP) is 2.62. The van der Waals surface area contributed by atoms with E-state index in [1.807, 2.05) is 6.92 Å². The molecule has 1 heterocycles. The zero-order chi connectivity index (χ0) is 9.42. The normalized spacial score (nSPS) is 19.0. The van der Waals surface area contributed by atoms with Crippen LogP contribution in [0.3, 0.4) is 0 Å². The van der Waals surface area contributed by atoms with Gasteiger partial charge in [0.1, 0.15) is 0 Å². The van der Waals surface area contributed by atoms with Gasteiger partial charge in [0, 0.05) is 4.88 Å². The number of nitrogens with two attached hydrogens (primary N) is 1. The van der Waals surface area contributed by atoms with Crippen LogP contribution in [0.15, 0.2) is 5.38 Å². The molecule has 13 heavy (non-hydrogen) atoms. The van der Waals surface area contributed by atoms with E-state index < -0.39 is 0 Å². The Kier molecular flexibility index (Phi) is 2.60. The van der Waals surface area contributed by atoms with Crippen molar-refractivity contribution in [1.29, 1.82) is 0 Å². The first-order valence-electron chi connectivity index (χ1n) is 4.43. The van der Waals surface area contributed by atoms with Crippen molar-refractivity contribution in [2.45, 2.75) is 25.8 Å². The first kappa shape index (κ1) is 9.46. The molecule has 1 atom stereocenters. The number of halogens is 1. The first-order valence-corrected chi connectivity index (χ1v) is 5.69. The summed E-state index contributed by atoms with van der Waals surface area (Å²) in [6.07, 6.45) is 2.53. The molecule has 0 saturated heterocycles. The number of nitrogens with one attached hydrogen (secondary N) is 1. The smallest absolute Gasteiger partial charge is 0.0596 e. The molecule has 1 aromatic rings. The summed E-state index contributed by atoms with van der Waals surface area (Å²) in [5, 5.41) is 2.98. The highest BCUT2D eigenvalue weighted by Crippen LogP contribution is 2.45. The van der Waals surface area contributed by atoms with Crippen molar-refractivity contribution in [1.82, 2.24) is 5.43 Å². The van der Waals surface area contributed by atoms with E-state index in [1.54, 1.807) is 11.3 Å². The van der Waals surface area contributed by atoms with Gasteiger partial charge in [0.15, 0.2) is 0 Å². The van der Waals surface area contributed by atoms with Gasteiger partial charge >= 0.3 is 0 Å². The Labute approximate surface area is 87.1 Å². The van der Waals surface area contributed by atoms with E-state index in [1.165, 1.54) is 17.7 Å². The maximum atomic E-state index is 6.17. The van der Waals surface area contributed by atoms with Gasteiger partial charge in [-0.3, -0.25) is 11.3 Å². The molecule has 0 radical (unpaired) electrons. The van der Waals surface area contributed by atoms with Gasteiger partial charge in [-0.1, -0.05) is 11.6 Å². The maximum Gasteiger partial charge on any atom is 0.0596 e. The molecule has 1 unspecified atom stereocenters. The van der Waals surface area contributed by atoms with E-state index in [4.69, 9.17) is 17.4 Å². The van der Waals surface area contributed by atoms with Crippen molar-refractivity contribution in [2.24, 2.45) is 11.8 Å². The molecule has 1 fully saturated rings. The Morgan fingerprint density at radius 3 is 2.77 bits per heavy atom. The van der Waals surface area contributed by atoms with E-state index in [2.05, 4.69) is 10.8 Å². The van der Waals surface area contributed by atoms with Gasteiger partial charge in [-0.15, -0.1) is 11.3 Å². The summed E-state index contributed by atoms with van der Waals surface area (Å²) in [6, 6.07) is 0.270. The lowest BCUT2D eigenvalue weighted by Crippen LogP contribution is -2.28. The Hall–Kier alpha value is -0.0900. The summed E-state index contributed by atoms with van der Waals surface area (Å²) in [6.45, 7) is 2.03. The van der Waals surface area contributed by atoms with Gasteiger partial charge in [-0.05, 0) is 36.6 Å². The SMILES string of the molecule is Cc1csc(C(NN)C2CC2)c1Cl. The molecule has 2 rings (SSSR count). The van der Waals surface area contributed by atoms with Gasteiger partial charge in [-0.2, -0.15) is 0 Å². The maximum absolute atomic E-state index is 6.17. The highest BCUT2D eigenvalue weighted by Gasteiger charge is 2.33. The van der Waals surface area contributed by atoms with Gasteiger partial charge in [0.25, 0.3) is 0 Å². The molecule has 0 spiro atoms. The lowest BCUT2D eigenvalue weighted by molar-refractivity contribution is 0.504. The molecule has 0 amide bonds. The fraction of sp³-hybridized carbons (Fsp3) is 0.556. The molecular formula is C9H13ClN2S. The average molecular weight is 217 g/mol. The topological polar surface area (TPSA) is 38.0 Å². The van der Waals surface area contributed by atoms with Crippen LogP contribution in [0.1, 0.15) is 29.3 Å². The van der Waals surface area contributed by atoms with Crippen molar-refractivity contribution >= 4 is 22.9 Å². The molecule has 0 bridgehead atoms. The molecule has 1 aromatic heterocycles. The Bertz CT molecular complexity index is 307. The fourth-order valence-electron chi connectivity index (χ4n) is 1.51. The van der Waals surface area contributed by atoms with E-state index >= 15 is 0 Å². The zero-order valence-corrected chi connectivity index (χ0v) is 9.08. The summed E-state index contributed by atoms with van der Waals surface area (Å²) >= 11 is 7.87. The highest BCUT2D eigenvalue weighted by atomic mass is 35.5. The van der Waals surface area contributed by atoms with Crippen LogP contribution in [0.25, 0.3) is 0 Å². The summed E-state index contributed by atoms with van der Waals surface area (Å²) in [4.78, 5) is 1.20. The lowest BCUT2D eigenvalue weighted by Gasteiger charge is -2.13. The number of rotatable bonds is 3. The molecule has 1 saturated carbocycles. The monoisotopic (exact) mass is 216 g/mol. The largest absolute Gasteiger partial charge is 0.271 e. The molecule has 1 aliphatic rings. The second-order valence-electron chi connectivity index (χ2n) is 3.58. The Balaban J connectivity index is 2.26. The third kappa shape index (κ3) is 1.74. The minimum Gasteiger partial charge on any atom is -0.271 e. The van der Waals surface area contributed by atoms with Gasteiger partial charge < -0.3 is 0 Å². The summed E-state index contributed by atoms with van der Waals surface area (Å²) < 4.78 is 0. The van der Waals surface area contributed by atoms with Crippen LogP contribution in [-0.2, 0) is 0 Å². The standard InChI is InChI=1S/C9H13ClN2S/c1-5-4-13-9(7(5)10)8(12-11)6-2-3-6/h4,6,8,12H,2-3,11H2,1H3. The molecule has 72 valence electrons. The molecule has 1 aliphatic carbocycles. The number of aryl methyl sites for hydroxylation is 1. The van der Waals surface area contributed by atoms with Crippen molar-refractivity contribution in [2.75, 3.05) is 0 Å². The van der Waals surface area contributed by atoms with Gasteiger partial charge in [-0.25, -0.2) is 0 Å². The van der Waals surface area contributed by atoms with Crippen LogP contribution < -0.4 is 11.3 Å². The number of hydrogen-bond acceptors (Lipinski definition) is 3. The van der Waals surface area contributed by atoms with Crippen molar-refractivity contribution in [3.8, 4) is 0 Å². The molecule has 0 aliphatic heterocycles. The Morgan fingerprint density at radius 1 is 1.69 bits per heavy atom. The Morgan fingerprint density at radius 2 is 2.38 bits per heavy atom. The van der Waals surface area contributed by atoms with Crippen molar-refractivity contribution in [3.05, 3.63) is 20.8 Å². The quantitative estimate of drug-likeness (QED) is 0.602. The summed E-state index contributed by atoms with van der Waals surface area (Å²) in [7, 11) is 0. The molecular weight excluding hydrogens is 204 g/mol. The number of thiophene rings is 1. The van der Waals surface area contributed by atoms with E-state index in [9.17, 15) is 0 Å². The lowest BCUT2D eigenvalue weighted by atomic mass is 10.1. The average Bonchev–Trinajstić information content (AvgIpc) is 2.89. The van der Waals surface area contributed by atoms with E-state index in [0.717, 1.165) is 10.6 Å². The number of hydrogen-bond donors (Lipinski definition) is 2. The second-order valence-corrected chi connectivity index (χ2v) is 4.87. The minimum absolute atomic E-state index is 0.270. The first-order chi connectivity index (χ1) is 6.24. The van der Waals surface area contributed by atoms with Crippen molar-refractivity contribution in [3.63, 3.8) is 0 Å². The molecule has 2 nitrogen and oxygen atoms in total. The van der Waals surface area contributed by atoms with Crippen LogP contribution in [0.4, 0.5) is 0 Å². The second kappa shape index (κ2) is 3.58. The zero-order valence-electron chi connectivity index (χ0n) is 7.51. The molecule has 4 heteroatoms. The predicted molar refractivity (Wildman–Crippen MR) is 56.9 cm³/mol. The third-order valence-electron chi connectivity index (χ3n) is 2.48. The third-order valence-corrected chi connectivity index (χ3v) is 4.28.